The van der Waals surface area contributed by atoms with Crippen LogP contribution >= 0.6 is 11.8 Å². The van der Waals surface area contributed by atoms with Crippen molar-refractivity contribution in [1.29, 1.82) is 0 Å². The minimum atomic E-state index is 0.260. The molecular weight excluding hydrogens is 254 g/mol. The third-order valence-corrected chi connectivity index (χ3v) is 4.62. The Kier molecular flexibility index (Phi) is 4.71. The molecule has 1 aliphatic carbocycles. The molecule has 0 aromatic carbocycles. The van der Waals surface area contributed by atoms with E-state index in [9.17, 15) is 0 Å². The zero-order valence-electron chi connectivity index (χ0n) is 12.5. The lowest BCUT2D eigenvalue weighted by Gasteiger charge is -2.18. The Morgan fingerprint density at radius 3 is 2.53 bits per heavy atom. The van der Waals surface area contributed by atoms with Crippen molar-refractivity contribution in [2.45, 2.75) is 63.4 Å². The van der Waals surface area contributed by atoms with Crippen LogP contribution in [0, 0.1) is 0 Å². The summed E-state index contributed by atoms with van der Waals surface area (Å²) in [4.78, 5) is 9.52. The lowest BCUT2D eigenvalue weighted by Crippen LogP contribution is -2.11. The quantitative estimate of drug-likeness (QED) is 0.854. The average Bonchev–Trinajstić information content (AvgIpc) is 2.59. The highest BCUT2D eigenvalue weighted by atomic mass is 32.2. The lowest BCUT2D eigenvalue weighted by atomic mass is 10.1. The molecule has 2 rings (SSSR count). The van der Waals surface area contributed by atoms with Gasteiger partial charge in [-0.15, -0.1) is 11.8 Å². The molecular formula is C15H25N3S. The van der Waals surface area contributed by atoms with Crippen LogP contribution in [0.1, 0.15) is 57.1 Å². The monoisotopic (exact) mass is 279 g/mol. The normalized spacial score (nSPS) is 15.8. The number of rotatable bonds is 3. The summed E-state index contributed by atoms with van der Waals surface area (Å²) in [6.45, 7) is 6.71. The first kappa shape index (κ1) is 14.6. The van der Waals surface area contributed by atoms with Gasteiger partial charge in [-0.3, -0.25) is 0 Å². The van der Waals surface area contributed by atoms with Gasteiger partial charge in [-0.05, 0) is 25.7 Å². The number of fused-ring (bicyclic) bond motifs is 1. The summed E-state index contributed by atoms with van der Waals surface area (Å²) in [5, 5.41) is 3.26. The molecule has 1 aliphatic rings. The van der Waals surface area contributed by atoms with Crippen LogP contribution in [0.5, 0.6) is 0 Å². The number of nitrogens with one attached hydrogen (secondary N) is 1. The summed E-state index contributed by atoms with van der Waals surface area (Å²) in [6.07, 6.45) is 6.07. The second-order valence-electron chi connectivity index (χ2n) is 6.13. The van der Waals surface area contributed by atoms with Crippen LogP contribution in [0.15, 0.2) is 0 Å². The van der Waals surface area contributed by atoms with Gasteiger partial charge < -0.3 is 5.32 Å². The molecule has 0 saturated carbocycles. The van der Waals surface area contributed by atoms with Gasteiger partial charge in [0.05, 0.1) is 5.75 Å². The maximum absolute atomic E-state index is 4.81. The molecule has 0 unspecified atom stereocenters. The standard InChI is InChI=1S/C15H25N3S/c1-15(2,3)19-10-13-17-12-9-7-5-6-8-11(12)14(16-4)18-13/h5-10H2,1-4H3,(H,16,17,18). The molecule has 1 heterocycles. The van der Waals surface area contributed by atoms with Crippen molar-refractivity contribution in [2.24, 2.45) is 0 Å². The average molecular weight is 279 g/mol. The van der Waals surface area contributed by atoms with Gasteiger partial charge in [-0.25, -0.2) is 9.97 Å². The molecule has 0 spiro atoms. The molecule has 0 bridgehead atoms. The van der Waals surface area contributed by atoms with Crippen LogP contribution in [-0.4, -0.2) is 21.8 Å². The predicted molar refractivity (Wildman–Crippen MR) is 83.9 cm³/mol. The summed E-state index contributed by atoms with van der Waals surface area (Å²) in [6, 6.07) is 0. The van der Waals surface area contributed by atoms with E-state index < -0.39 is 0 Å². The number of thioether (sulfide) groups is 1. The molecule has 19 heavy (non-hydrogen) atoms. The molecule has 4 heteroatoms. The van der Waals surface area contributed by atoms with E-state index in [2.05, 4.69) is 26.1 Å². The van der Waals surface area contributed by atoms with Crippen molar-refractivity contribution in [3.63, 3.8) is 0 Å². The minimum Gasteiger partial charge on any atom is -0.373 e. The maximum Gasteiger partial charge on any atom is 0.140 e. The molecule has 0 saturated heterocycles. The van der Waals surface area contributed by atoms with E-state index in [0.717, 1.165) is 30.2 Å². The van der Waals surface area contributed by atoms with E-state index >= 15 is 0 Å². The summed E-state index contributed by atoms with van der Waals surface area (Å²) in [5.41, 5.74) is 2.63. The largest absolute Gasteiger partial charge is 0.373 e. The molecule has 106 valence electrons. The molecule has 0 fully saturated rings. The smallest absolute Gasteiger partial charge is 0.140 e. The summed E-state index contributed by atoms with van der Waals surface area (Å²) < 4.78 is 0.260. The van der Waals surface area contributed by atoms with Crippen molar-refractivity contribution >= 4 is 17.6 Å². The first-order valence-electron chi connectivity index (χ1n) is 7.20. The van der Waals surface area contributed by atoms with E-state index in [0.29, 0.717) is 0 Å². The highest BCUT2D eigenvalue weighted by Crippen LogP contribution is 2.29. The fraction of sp³-hybridized carbons (Fsp3) is 0.733. The fourth-order valence-electron chi connectivity index (χ4n) is 2.37. The highest BCUT2D eigenvalue weighted by molar-refractivity contribution is 7.99. The minimum absolute atomic E-state index is 0.260. The molecule has 1 aromatic heterocycles. The fourth-order valence-corrected chi connectivity index (χ4v) is 3.07. The van der Waals surface area contributed by atoms with Crippen LogP contribution in [0.3, 0.4) is 0 Å². The van der Waals surface area contributed by atoms with Crippen LogP contribution in [0.4, 0.5) is 5.82 Å². The molecule has 0 radical (unpaired) electrons. The van der Waals surface area contributed by atoms with Crippen molar-refractivity contribution in [1.82, 2.24) is 9.97 Å². The van der Waals surface area contributed by atoms with Crippen molar-refractivity contribution in [3.8, 4) is 0 Å². The number of hydrogen-bond donors (Lipinski definition) is 1. The third kappa shape index (κ3) is 4.10. The molecule has 0 amide bonds. The zero-order chi connectivity index (χ0) is 13.9. The second-order valence-corrected chi connectivity index (χ2v) is 7.93. The Balaban J connectivity index is 2.24. The van der Waals surface area contributed by atoms with Gasteiger partial charge in [0.2, 0.25) is 0 Å². The van der Waals surface area contributed by atoms with Crippen molar-refractivity contribution in [2.75, 3.05) is 12.4 Å². The Hall–Kier alpha value is -0.770. The maximum atomic E-state index is 4.81. The summed E-state index contributed by atoms with van der Waals surface area (Å²) >= 11 is 1.91. The number of hydrogen-bond acceptors (Lipinski definition) is 4. The lowest BCUT2D eigenvalue weighted by molar-refractivity contribution is 0.708. The van der Waals surface area contributed by atoms with E-state index in [1.807, 2.05) is 18.8 Å². The second kappa shape index (κ2) is 6.12. The molecule has 0 atom stereocenters. The van der Waals surface area contributed by atoms with Crippen molar-refractivity contribution < 1.29 is 0 Å². The van der Waals surface area contributed by atoms with Crippen LogP contribution in [0.2, 0.25) is 0 Å². The first-order chi connectivity index (χ1) is 8.99. The van der Waals surface area contributed by atoms with Gasteiger partial charge in [0.25, 0.3) is 0 Å². The van der Waals surface area contributed by atoms with E-state index in [1.165, 1.54) is 30.5 Å². The van der Waals surface area contributed by atoms with Gasteiger partial charge >= 0.3 is 0 Å². The molecule has 3 nitrogen and oxygen atoms in total. The Bertz CT molecular complexity index is 438. The van der Waals surface area contributed by atoms with E-state index in [1.54, 1.807) is 0 Å². The van der Waals surface area contributed by atoms with Gasteiger partial charge in [0.1, 0.15) is 11.6 Å². The van der Waals surface area contributed by atoms with Crippen LogP contribution in [0.25, 0.3) is 0 Å². The van der Waals surface area contributed by atoms with Crippen LogP contribution < -0.4 is 5.32 Å². The summed E-state index contributed by atoms with van der Waals surface area (Å²) in [5.74, 6) is 2.92. The first-order valence-corrected chi connectivity index (χ1v) is 8.18. The van der Waals surface area contributed by atoms with Gasteiger partial charge in [0.15, 0.2) is 0 Å². The topological polar surface area (TPSA) is 37.8 Å². The van der Waals surface area contributed by atoms with Crippen LogP contribution in [-0.2, 0) is 18.6 Å². The van der Waals surface area contributed by atoms with Crippen molar-refractivity contribution in [3.05, 3.63) is 17.1 Å². The SMILES string of the molecule is CNc1nc(CSC(C)(C)C)nc2c1CCCCC2. The molecule has 1 aromatic rings. The Morgan fingerprint density at radius 1 is 1.11 bits per heavy atom. The molecule has 0 aliphatic heterocycles. The Labute approximate surface area is 121 Å². The number of anilines is 1. The summed E-state index contributed by atoms with van der Waals surface area (Å²) in [7, 11) is 1.97. The Morgan fingerprint density at radius 2 is 1.84 bits per heavy atom. The number of nitrogens with zero attached hydrogens (tertiary/aromatic N) is 2. The predicted octanol–water partition coefficient (Wildman–Crippen LogP) is 3.82. The third-order valence-electron chi connectivity index (χ3n) is 3.35. The van der Waals surface area contributed by atoms with Gasteiger partial charge in [-0.2, -0.15) is 0 Å². The highest BCUT2D eigenvalue weighted by Gasteiger charge is 2.17. The van der Waals surface area contributed by atoms with Gasteiger partial charge in [0, 0.05) is 23.1 Å². The van der Waals surface area contributed by atoms with Gasteiger partial charge in [-0.1, -0.05) is 27.2 Å². The number of aromatic nitrogens is 2. The van der Waals surface area contributed by atoms with E-state index in [-0.39, 0.29) is 4.75 Å². The molecule has 1 N–H and O–H groups in total. The van der Waals surface area contributed by atoms with E-state index in [4.69, 9.17) is 9.97 Å². The zero-order valence-corrected chi connectivity index (χ0v) is 13.4. The number of aryl methyl sites for hydroxylation is 1.